The van der Waals surface area contributed by atoms with Crippen molar-refractivity contribution in [3.05, 3.63) is 42.0 Å². The lowest BCUT2D eigenvalue weighted by Crippen LogP contribution is -2.34. The molecule has 0 spiro atoms. The maximum Gasteiger partial charge on any atom is 0.123 e. The molecule has 0 fully saturated rings. The molecular formula is C17H24N2O2. The number of benzene rings is 2. The molecule has 1 atom stereocenters. The van der Waals surface area contributed by atoms with E-state index in [1.54, 1.807) is 7.11 Å². The van der Waals surface area contributed by atoms with Crippen LogP contribution in [0, 0.1) is 0 Å². The molecule has 0 aliphatic heterocycles. The van der Waals surface area contributed by atoms with Gasteiger partial charge in [-0.15, -0.1) is 0 Å². The molecule has 0 radical (unpaired) electrons. The first kappa shape index (κ1) is 15.8. The summed E-state index contributed by atoms with van der Waals surface area (Å²) in [5.74, 6) is 0.878. The maximum atomic E-state index is 9.90. The number of aliphatic hydroxyl groups is 1. The number of rotatable bonds is 7. The lowest BCUT2D eigenvalue weighted by atomic mass is 10.0. The number of ether oxygens (including phenoxy) is 1. The standard InChI is InChI=1S/C17H24N2O2/c1-19(2)12-14(20)10-18-11-16-15-7-5-4-6-13(15)8-9-17(16)21-3/h4-9,14,18,20H,10-12H2,1-3H3. The molecule has 0 heterocycles. The van der Waals surface area contributed by atoms with Crippen LogP contribution in [0.15, 0.2) is 36.4 Å². The van der Waals surface area contributed by atoms with Crippen LogP contribution in [0.5, 0.6) is 5.75 Å². The molecule has 0 aliphatic carbocycles. The highest BCUT2D eigenvalue weighted by atomic mass is 16.5. The topological polar surface area (TPSA) is 44.7 Å². The minimum atomic E-state index is -0.374. The van der Waals surface area contributed by atoms with Gasteiger partial charge in [0.1, 0.15) is 5.75 Å². The van der Waals surface area contributed by atoms with E-state index < -0.39 is 0 Å². The summed E-state index contributed by atoms with van der Waals surface area (Å²) in [4.78, 5) is 1.98. The van der Waals surface area contributed by atoms with Crippen LogP contribution in [-0.2, 0) is 6.54 Å². The van der Waals surface area contributed by atoms with Crippen LogP contribution in [0.25, 0.3) is 10.8 Å². The Hall–Kier alpha value is -1.62. The third-order valence-electron chi connectivity index (χ3n) is 3.48. The highest BCUT2D eigenvalue weighted by molar-refractivity contribution is 5.87. The molecule has 4 nitrogen and oxygen atoms in total. The van der Waals surface area contributed by atoms with Crippen molar-refractivity contribution in [2.75, 3.05) is 34.3 Å². The van der Waals surface area contributed by atoms with Gasteiger partial charge in [-0.3, -0.25) is 0 Å². The minimum absolute atomic E-state index is 0.374. The molecule has 2 N–H and O–H groups in total. The number of nitrogens with one attached hydrogen (secondary N) is 1. The Kier molecular flexibility index (Phi) is 5.56. The minimum Gasteiger partial charge on any atom is -0.496 e. The van der Waals surface area contributed by atoms with Gasteiger partial charge < -0.3 is 20.1 Å². The fourth-order valence-corrected chi connectivity index (χ4v) is 2.54. The van der Waals surface area contributed by atoms with Crippen molar-refractivity contribution in [2.45, 2.75) is 12.6 Å². The number of aliphatic hydroxyl groups excluding tert-OH is 1. The van der Waals surface area contributed by atoms with Crippen LogP contribution in [0.4, 0.5) is 0 Å². The van der Waals surface area contributed by atoms with E-state index in [4.69, 9.17) is 4.74 Å². The van der Waals surface area contributed by atoms with Crippen LogP contribution in [-0.4, -0.2) is 50.4 Å². The monoisotopic (exact) mass is 288 g/mol. The average Bonchev–Trinajstić information content (AvgIpc) is 2.46. The van der Waals surface area contributed by atoms with Crippen molar-refractivity contribution in [3.63, 3.8) is 0 Å². The summed E-state index contributed by atoms with van der Waals surface area (Å²) in [7, 11) is 5.60. The summed E-state index contributed by atoms with van der Waals surface area (Å²) in [6.45, 7) is 1.89. The Balaban J connectivity index is 2.10. The second-order valence-electron chi connectivity index (χ2n) is 5.51. The molecule has 0 aromatic heterocycles. The van der Waals surface area contributed by atoms with E-state index in [1.165, 1.54) is 10.8 Å². The van der Waals surface area contributed by atoms with Gasteiger partial charge >= 0.3 is 0 Å². The Labute approximate surface area is 126 Å². The van der Waals surface area contributed by atoms with Crippen LogP contribution in [0.1, 0.15) is 5.56 Å². The van der Waals surface area contributed by atoms with Crippen molar-refractivity contribution < 1.29 is 9.84 Å². The summed E-state index contributed by atoms with van der Waals surface area (Å²) in [6.07, 6.45) is -0.374. The molecular weight excluding hydrogens is 264 g/mol. The molecule has 21 heavy (non-hydrogen) atoms. The molecule has 2 aromatic carbocycles. The first-order valence-electron chi connectivity index (χ1n) is 7.20. The summed E-state index contributed by atoms with van der Waals surface area (Å²) in [5.41, 5.74) is 1.13. The molecule has 0 aliphatic rings. The second kappa shape index (κ2) is 7.41. The second-order valence-corrected chi connectivity index (χ2v) is 5.51. The van der Waals surface area contributed by atoms with E-state index in [0.717, 1.165) is 11.3 Å². The smallest absolute Gasteiger partial charge is 0.123 e. The Bertz CT molecular complexity index is 584. The number of hydrogen-bond donors (Lipinski definition) is 2. The third kappa shape index (κ3) is 4.17. The number of hydrogen-bond acceptors (Lipinski definition) is 4. The van der Waals surface area contributed by atoms with Crippen LogP contribution >= 0.6 is 0 Å². The van der Waals surface area contributed by atoms with E-state index >= 15 is 0 Å². The maximum absolute atomic E-state index is 9.90. The van der Waals surface area contributed by atoms with Crippen LogP contribution in [0.2, 0.25) is 0 Å². The van der Waals surface area contributed by atoms with Gasteiger partial charge in [0.25, 0.3) is 0 Å². The molecule has 0 saturated carbocycles. The van der Waals surface area contributed by atoms with E-state index in [-0.39, 0.29) is 6.10 Å². The van der Waals surface area contributed by atoms with E-state index in [0.29, 0.717) is 19.6 Å². The quantitative estimate of drug-likeness (QED) is 0.816. The fourth-order valence-electron chi connectivity index (χ4n) is 2.54. The number of methoxy groups -OCH3 is 1. The zero-order valence-corrected chi connectivity index (χ0v) is 13.0. The highest BCUT2D eigenvalue weighted by Gasteiger charge is 2.09. The Morgan fingerprint density at radius 1 is 1.19 bits per heavy atom. The Morgan fingerprint density at radius 2 is 1.95 bits per heavy atom. The van der Waals surface area contributed by atoms with Gasteiger partial charge in [0, 0.05) is 25.2 Å². The molecule has 0 saturated heterocycles. The zero-order chi connectivity index (χ0) is 15.2. The number of likely N-dealkylation sites (N-methyl/N-ethyl adjacent to an activating group) is 1. The van der Waals surface area contributed by atoms with Crippen molar-refractivity contribution >= 4 is 10.8 Å². The van der Waals surface area contributed by atoms with E-state index in [2.05, 4.69) is 23.5 Å². The largest absolute Gasteiger partial charge is 0.496 e. The highest BCUT2D eigenvalue weighted by Crippen LogP contribution is 2.27. The van der Waals surface area contributed by atoms with Gasteiger partial charge in [-0.25, -0.2) is 0 Å². The first-order valence-corrected chi connectivity index (χ1v) is 7.20. The summed E-state index contributed by atoms with van der Waals surface area (Å²) in [5, 5.41) is 15.6. The van der Waals surface area contributed by atoms with Crippen LogP contribution < -0.4 is 10.1 Å². The van der Waals surface area contributed by atoms with Gasteiger partial charge in [-0.2, -0.15) is 0 Å². The van der Waals surface area contributed by atoms with Gasteiger partial charge in [-0.1, -0.05) is 30.3 Å². The molecule has 1 unspecified atom stereocenters. The zero-order valence-electron chi connectivity index (χ0n) is 13.0. The predicted octanol–water partition coefficient (Wildman–Crippen LogP) is 1.86. The van der Waals surface area contributed by atoms with Gasteiger partial charge in [0.05, 0.1) is 13.2 Å². The predicted molar refractivity (Wildman–Crippen MR) is 86.8 cm³/mol. The fraction of sp³-hybridized carbons (Fsp3) is 0.412. The van der Waals surface area contributed by atoms with Gasteiger partial charge in [0.15, 0.2) is 0 Å². The average molecular weight is 288 g/mol. The first-order chi connectivity index (χ1) is 10.1. The number of fused-ring (bicyclic) bond motifs is 1. The van der Waals surface area contributed by atoms with E-state index in [1.807, 2.05) is 37.2 Å². The van der Waals surface area contributed by atoms with Crippen molar-refractivity contribution in [1.29, 1.82) is 0 Å². The van der Waals surface area contributed by atoms with Crippen molar-refractivity contribution in [3.8, 4) is 5.75 Å². The summed E-state index contributed by atoms with van der Waals surface area (Å²) >= 11 is 0. The lowest BCUT2D eigenvalue weighted by molar-refractivity contribution is 0.134. The van der Waals surface area contributed by atoms with E-state index in [9.17, 15) is 5.11 Å². The van der Waals surface area contributed by atoms with Crippen molar-refractivity contribution in [1.82, 2.24) is 10.2 Å². The van der Waals surface area contributed by atoms with Crippen LogP contribution in [0.3, 0.4) is 0 Å². The number of nitrogens with zero attached hydrogens (tertiary/aromatic N) is 1. The SMILES string of the molecule is COc1ccc2ccccc2c1CNCC(O)CN(C)C. The molecule has 4 heteroatoms. The lowest BCUT2D eigenvalue weighted by Gasteiger charge is -2.17. The summed E-state index contributed by atoms with van der Waals surface area (Å²) in [6, 6.07) is 12.3. The molecule has 2 rings (SSSR count). The molecule has 2 aromatic rings. The van der Waals surface area contributed by atoms with Gasteiger partial charge in [-0.05, 0) is 30.9 Å². The molecule has 0 amide bonds. The third-order valence-corrected chi connectivity index (χ3v) is 3.48. The van der Waals surface area contributed by atoms with Gasteiger partial charge in [0.2, 0.25) is 0 Å². The summed E-state index contributed by atoms with van der Waals surface area (Å²) < 4.78 is 5.46. The Morgan fingerprint density at radius 3 is 2.67 bits per heavy atom. The normalized spacial score (nSPS) is 12.8. The molecule has 0 bridgehead atoms. The van der Waals surface area contributed by atoms with Crippen molar-refractivity contribution in [2.24, 2.45) is 0 Å². The molecule has 114 valence electrons.